The lowest BCUT2D eigenvalue weighted by Crippen LogP contribution is -2.44. The van der Waals surface area contributed by atoms with Gasteiger partial charge in [0.1, 0.15) is 11.5 Å². The molecule has 6 heteroatoms. The van der Waals surface area contributed by atoms with Crippen molar-refractivity contribution in [3.63, 3.8) is 0 Å². The highest BCUT2D eigenvalue weighted by Crippen LogP contribution is 2.29. The number of carboxylic acid groups (broad SMARTS) is 1. The number of carbonyl (C=O) groups is 1. The van der Waals surface area contributed by atoms with Crippen molar-refractivity contribution in [3.05, 3.63) is 47.2 Å². The molecule has 0 bridgehead atoms. The zero-order chi connectivity index (χ0) is 17.8. The van der Waals surface area contributed by atoms with Gasteiger partial charge in [0.2, 0.25) is 0 Å². The summed E-state index contributed by atoms with van der Waals surface area (Å²) in [6, 6.07) is 12.0. The smallest absolute Gasteiger partial charge is 0.317 e. The molecule has 0 atom stereocenters. The van der Waals surface area contributed by atoms with Crippen molar-refractivity contribution in [2.75, 3.05) is 26.7 Å². The molecule has 5 nitrogen and oxygen atoms in total. The first-order valence-corrected chi connectivity index (χ1v) is 8.88. The largest absolute Gasteiger partial charge is 0.480 e. The van der Waals surface area contributed by atoms with Crippen LogP contribution in [0.2, 0.25) is 5.02 Å². The standard InChI is InChI=1S/C19H23ClN2O3/c1-21(13-19(23)24)14-8-10-22(11-9-14)12-15-6-7-18(25-15)16-4-2-3-5-17(16)20/h2-7,14H,8-13H2,1H3,(H,23,24). The summed E-state index contributed by atoms with van der Waals surface area (Å²) in [5.41, 5.74) is 0.907. The fraction of sp³-hybridized carbons (Fsp3) is 0.421. The molecule has 1 N–H and O–H groups in total. The summed E-state index contributed by atoms with van der Waals surface area (Å²) in [7, 11) is 1.89. The van der Waals surface area contributed by atoms with E-state index in [1.807, 2.05) is 48.3 Å². The van der Waals surface area contributed by atoms with Gasteiger partial charge in [0.25, 0.3) is 0 Å². The minimum absolute atomic E-state index is 0.101. The summed E-state index contributed by atoms with van der Waals surface area (Å²) < 4.78 is 5.97. The molecule has 3 rings (SSSR count). The number of hydrogen-bond donors (Lipinski definition) is 1. The molecule has 0 aliphatic carbocycles. The number of furan rings is 1. The monoisotopic (exact) mass is 362 g/mol. The summed E-state index contributed by atoms with van der Waals surface area (Å²) in [4.78, 5) is 15.1. The van der Waals surface area contributed by atoms with Gasteiger partial charge in [0, 0.05) is 24.7 Å². The molecule has 1 aromatic carbocycles. The molecule has 1 aliphatic rings. The Labute approximate surface area is 152 Å². The number of likely N-dealkylation sites (tertiary alicyclic amines) is 1. The van der Waals surface area contributed by atoms with Crippen LogP contribution in [0, 0.1) is 0 Å². The molecule has 134 valence electrons. The van der Waals surface area contributed by atoms with Crippen molar-refractivity contribution in [3.8, 4) is 11.3 Å². The van der Waals surface area contributed by atoms with Gasteiger partial charge in [-0.1, -0.05) is 23.7 Å². The molecule has 2 aromatic rings. The first-order chi connectivity index (χ1) is 12.0. The molecular formula is C19H23ClN2O3. The quantitative estimate of drug-likeness (QED) is 0.851. The Hall–Kier alpha value is -1.82. The molecule has 0 spiro atoms. The van der Waals surface area contributed by atoms with Crippen molar-refractivity contribution in [2.45, 2.75) is 25.4 Å². The summed E-state index contributed by atoms with van der Waals surface area (Å²) in [6.45, 7) is 2.75. The van der Waals surface area contributed by atoms with Crippen LogP contribution in [0.3, 0.4) is 0 Å². The Morgan fingerprint density at radius 2 is 2.00 bits per heavy atom. The van der Waals surface area contributed by atoms with Crippen molar-refractivity contribution in [1.29, 1.82) is 0 Å². The summed E-state index contributed by atoms with van der Waals surface area (Å²) in [5, 5.41) is 9.59. The van der Waals surface area contributed by atoms with E-state index in [0.29, 0.717) is 11.1 Å². The molecule has 1 saturated heterocycles. The average molecular weight is 363 g/mol. The summed E-state index contributed by atoms with van der Waals surface area (Å²) in [5.74, 6) is 0.941. The van der Waals surface area contributed by atoms with Crippen LogP contribution in [-0.4, -0.2) is 53.6 Å². The highest BCUT2D eigenvalue weighted by molar-refractivity contribution is 6.33. The highest BCUT2D eigenvalue weighted by atomic mass is 35.5. The highest BCUT2D eigenvalue weighted by Gasteiger charge is 2.24. The lowest BCUT2D eigenvalue weighted by Gasteiger charge is -2.35. The molecule has 1 aromatic heterocycles. The molecule has 0 saturated carbocycles. The van der Waals surface area contributed by atoms with E-state index >= 15 is 0 Å². The Kier molecular flexibility index (Phi) is 5.78. The van der Waals surface area contributed by atoms with E-state index in [2.05, 4.69) is 4.90 Å². The zero-order valence-corrected chi connectivity index (χ0v) is 15.1. The maximum atomic E-state index is 10.8. The second-order valence-electron chi connectivity index (χ2n) is 6.56. The maximum Gasteiger partial charge on any atom is 0.317 e. The maximum absolute atomic E-state index is 10.8. The van der Waals surface area contributed by atoms with Crippen LogP contribution in [-0.2, 0) is 11.3 Å². The van der Waals surface area contributed by atoms with E-state index in [1.165, 1.54) is 0 Å². The van der Waals surface area contributed by atoms with Gasteiger partial charge in [-0.15, -0.1) is 0 Å². The van der Waals surface area contributed by atoms with Crippen LogP contribution in [0.1, 0.15) is 18.6 Å². The van der Waals surface area contributed by atoms with E-state index < -0.39 is 5.97 Å². The molecule has 0 radical (unpaired) electrons. The molecular weight excluding hydrogens is 340 g/mol. The second-order valence-corrected chi connectivity index (χ2v) is 6.97. The number of benzene rings is 1. The van der Waals surface area contributed by atoms with Gasteiger partial charge in [-0.25, -0.2) is 0 Å². The number of aliphatic carboxylic acids is 1. The number of piperidine rings is 1. The van der Waals surface area contributed by atoms with E-state index in [9.17, 15) is 4.79 Å². The van der Waals surface area contributed by atoms with Crippen LogP contribution < -0.4 is 0 Å². The van der Waals surface area contributed by atoms with Crippen LogP contribution in [0.25, 0.3) is 11.3 Å². The fourth-order valence-corrected chi connectivity index (χ4v) is 3.58. The minimum atomic E-state index is -0.771. The SMILES string of the molecule is CN(CC(=O)O)C1CCN(Cc2ccc(-c3ccccc3Cl)o2)CC1. The first-order valence-electron chi connectivity index (χ1n) is 8.51. The van der Waals surface area contributed by atoms with E-state index in [0.717, 1.165) is 49.6 Å². The predicted octanol–water partition coefficient (Wildman–Crippen LogP) is 3.58. The summed E-state index contributed by atoms with van der Waals surface area (Å²) >= 11 is 6.22. The van der Waals surface area contributed by atoms with Crippen molar-refractivity contribution in [1.82, 2.24) is 9.80 Å². The number of hydrogen-bond acceptors (Lipinski definition) is 4. The molecule has 0 amide bonds. The van der Waals surface area contributed by atoms with E-state index in [-0.39, 0.29) is 6.54 Å². The van der Waals surface area contributed by atoms with E-state index in [1.54, 1.807) is 0 Å². The normalized spacial score (nSPS) is 16.4. The topological polar surface area (TPSA) is 56.9 Å². The Balaban J connectivity index is 1.55. The van der Waals surface area contributed by atoms with Gasteiger partial charge < -0.3 is 9.52 Å². The van der Waals surface area contributed by atoms with Gasteiger partial charge in [-0.3, -0.25) is 14.6 Å². The Morgan fingerprint density at radius 3 is 2.68 bits per heavy atom. The lowest BCUT2D eigenvalue weighted by molar-refractivity contribution is -0.138. The Morgan fingerprint density at radius 1 is 1.28 bits per heavy atom. The predicted molar refractivity (Wildman–Crippen MR) is 97.7 cm³/mol. The summed E-state index contributed by atoms with van der Waals surface area (Å²) in [6.07, 6.45) is 1.95. The molecule has 25 heavy (non-hydrogen) atoms. The van der Waals surface area contributed by atoms with Crippen LogP contribution in [0.5, 0.6) is 0 Å². The van der Waals surface area contributed by atoms with Gasteiger partial charge >= 0.3 is 5.97 Å². The van der Waals surface area contributed by atoms with Crippen LogP contribution in [0.4, 0.5) is 0 Å². The van der Waals surface area contributed by atoms with Crippen molar-refractivity contribution in [2.24, 2.45) is 0 Å². The van der Waals surface area contributed by atoms with E-state index in [4.69, 9.17) is 21.1 Å². The molecule has 1 fully saturated rings. The van der Waals surface area contributed by atoms with Gasteiger partial charge in [-0.2, -0.15) is 0 Å². The first kappa shape index (κ1) is 18.0. The van der Waals surface area contributed by atoms with Crippen LogP contribution in [0.15, 0.2) is 40.8 Å². The van der Waals surface area contributed by atoms with Gasteiger partial charge in [0.05, 0.1) is 18.1 Å². The number of nitrogens with zero attached hydrogens (tertiary/aromatic N) is 2. The minimum Gasteiger partial charge on any atom is -0.480 e. The number of carboxylic acids is 1. The van der Waals surface area contributed by atoms with Gasteiger partial charge in [-0.05, 0) is 44.2 Å². The Bertz CT molecular complexity index is 723. The third kappa shape index (κ3) is 4.63. The number of rotatable bonds is 6. The van der Waals surface area contributed by atoms with Gasteiger partial charge in [0.15, 0.2) is 0 Å². The molecule has 2 heterocycles. The second kappa shape index (κ2) is 8.04. The number of likely N-dealkylation sites (N-methyl/N-ethyl adjacent to an activating group) is 1. The number of halogens is 1. The third-order valence-electron chi connectivity index (χ3n) is 4.75. The fourth-order valence-electron chi connectivity index (χ4n) is 3.35. The van der Waals surface area contributed by atoms with Crippen molar-refractivity contribution < 1.29 is 14.3 Å². The van der Waals surface area contributed by atoms with Crippen LogP contribution >= 0.6 is 11.6 Å². The average Bonchev–Trinajstić information content (AvgIpc) is 3.03. The molecule has 0 unspecified atom stereocenters. The third-order valence-corrected chi connectivity index (χ3v) is 5.08. The lowest BCUT2D eigenvalue weighted by atomic mass is 10.0. The van der Waals surface area contributed by atoms with Crippen molar-refractivity contribution >= 4 is 17.6 Å². The molecule has 1 aliphatic heterocycles. The zero-order valence-electron chi connectivity index (χ0n) is 14.3.